The number of benzene rings is 2. The molecule has 0 unspecified atom stereocenters. The summed E-state index contributed by atoms with van der Waals surface area (Å²) in [6.45, 7) is 1.97. The fourth-order valence-corrected chi connectivity index (χ4v) is 1.98. The maximum absolute atomic E-state index is 11.9. The molecule has 0 saturated heterocycles. The number of esters is 1. The highest BCUT2D eigenvalue weighted by Crippen LogP contribution is 2.12. The summed E-state index contributed by atoms with van der Waals surface area (Å²) in [5.41, 5.74) is 1.12. The smallest absolute Gasteiger partial charge is 0.338 e. The molecule has 0 spiro atoms. The summed E-state index contributed by atoms with van der Waals surface area (Å²) in [5, 5.41) is 12.3. The van der Waals surface area contributed by atoms with Crippen LogP contribution >= 0.6 is 0 Å². The van der Waals surface area contributed by atoms with E-state index in [2.05, 4.69) is 5.32 Å². The molecule has 2 N–H and O–H groups in total. The van der Waals surface area contributed by atoms with Crippen molar-refractivity contribution >= 4 is 29.1 Å². The monoisotopic (exact) mass is 339 g/mol. The minimum Gasteiger partial charge on any atom is -0.507 e. The number of carbonyl (C=O) groups excluding carboxylic acids is 3. The van der Waals surface area contributed by atoms with E-state index < -0.39 is 17.7 Å². The van der Waals surface area contributed by atoms with Crippen LogP contribution in [0.15, 0.2) is 60.7 Å². The maximum Gasteiger partial charge on any atom is 0.338 e. The molecule has 0 bridgehead atoms. The van der Waals surface area contributed by atoms with Crippen molar-refractivity contribution in [3.63, 3.8) is 0 Å². The standard InChI is InChI=1S/C19H17NO5/c1-2-25-19(24)14-8-10-15(11-9-14)20-18(23)17(22)12-16(21)13-6-4-3-5-7-13/h3-12,21H,2H2,1H3,(H,20,23)/b16-12-. The molecule has 0 aromatic heterocycles. The molecular formula is C19H17NO5. The number of anilines is 1. The van der Waals surface area contributed by atoms with Gasteiger partial charge in [0.2, 0.25) is 5.78 Å². The molecule has 6 heteroatoms. The summed E-state index contributed by atoms with van der Waals surface area (Å²) in [7, 11) is 0. The van der Waals surface area contributed by atoms with Crippen molar-refractivity contribution in [2.45, 2.75) is 6.92 Å². The van der Waals surface area contributed by atoms with E-state index in [1.165, 1.54) is 24.3 Å². The lowest BCUT2D eigenvalue weighted by atomic mass is 10.1. The Morgan fingerprint density at radius 2 is 1.64 bits per heavy atom. The van der Waals surface area contributed by atoms with E-state index in [4.69, 9.17) is 4.74 Å². The normalized spacial score (nSPS) is 10.8. The van der Waals surface area contributed by atoms with E-state index >= 15 is 0 Å². The van der Waals surface area contributed by atoms with Crippen LogP contribution in [0.5, 0.6) is 0 Å². The molecule has 6 nitrogen and oxygen atoms in total. The molecule has 0 fully saturated rings. The minimum atomic E-state index is -0.897. The summed E-state index contributed by atoms with van der Waals surface area (Å²) >= 11 is 0. The van der Waals surface area contributed by atoms with Crippen LogP contribution in [0.3, 0.4) is 0 Å². The maximum atomic E-state index is 11.9. The van der Waals surface area contributed by atoms with Crippen molar-refractivity contribution in [3.05, 3.63) is 71.8 Å². The quantitative estimate of drug-likeness (QED) is 0.365. The summed E-state index contributed by atoms with van der Waals surface area (Å²) < 4.78 is 4.86. The zero-order chi connectivity index (χ0) is 18.2. The molecule has 0 aliphatic heterocycles. The third-order valence-electron chi connectivity index (χ3n) is 3.22. The van der Waals surface area contributed by atoms with Gasteiger partial charge in [0.25, 0.3) is 5.91 Å². The molecule has 0 aliphatic carbocycles. The lowest BCUT2D eigenvalue weighted by Crippen LogP contribution is -2.21. The highest BCUT2D eigenvalue weighted by Gasteiger charge is 2.14. The molecule has 128 valence electrons. The molecule has 2 aromatic rings. The highest BCUT2D eigenvalue weighted by molar-refractivity contribution is 6.45. The third kappa shape index (κ3) is 5.04. The molecule has 0 radical (unpaired) electrons. The Labute approximate surface area is 144 Å². The first-order valence-corrected chi connectivity index (χ1v) is 7.60. The van der Waals surface area contributed by atoms with Gasteiger partial charge in [0.05, 0.1) is 12.2 Å². The van der Waals surface area contributed by atoms with Crippen LogP contribution < -0.4 is 5.32 Å². The number of rotatable bonds is 6. The van der Waals surface area contributed by atoms with Gasteiger partial charge < -0.3 is 15.2 Å². The number of aliphatic hydroxyl groups is 1. The second-order valence-corrected chi connectivity index (χ2v) is 5.01. The van der Waals surface area contributed by atoms with Crippen molar-refractivity contribution in [2.24, 2.45) is 0 Å². The van der Waals surface area contributed by atoms with Crippen LogP contribution in [0, 0.1) is 0 Å². The van der Waals surface area contributed by atoms with Crippen molar-refractivity contribution in [2.75, 3.05) is 11.9 Å². The van der Waals surface area contributed by atoms with Crippen molar-refractivity contribution in [1.29, 1.82) is 0 Å². The number of hydrogen-bond acceptors (Lipinski definition) is 5. The summed E-state index contributed by atoms with van der Waals surface area (Å²) in [4.78, 5) is 35.3. The predicted molar refractivity (Wildman–Crippen MR) is 93.1 cm³/mol. The molecule has 2 aromatic carbocycles. The first-order valence-electron chi connectivity index (χ1n) is 7.60. The van der Waals surface area contributed by atoms with Crippen LogP contribution in [0.25, 0.3) is 5.76 Å². The topological polar surface area (TPSA) is 92.7 Å². The molecule has 1 amide bonds. The van der Waals surface area contributed by atoms with Gasteiger partial charge in [-0.3, -0.25) is 9.59 Å². The van der Waals surface area contributed by atoms with Gasteiger partial charge in [-0.05, 0) is 31.2 Å². The predicted octanol–water partition coefficient (Wildman–Crippen LogP) is 2.97. The van der Waals surface area contributed by atoms with E-state index in [-0.39, 0.29) is 12.4 Å². The highest BCUT2D eigenvalue weighted by atomic mass is 16.5. The summed E-state index contributed by atoms with van der Waals surface area (Å²) in [5.74, 6) is -2.55. The Kier molecular flexibility index (Phi) is 6.06. The van der Waals surface area contributed by atoms with E-state index in [9.17, 15) is 19.5 Å². The molecule has 0 heterocycles. The Hall–Kier alpha value is -3.41. The molecule has 0 atom stereocenters. The van der Waals surface area contributed by atoms with Crippen LogP contribution in [-0.2, 0) is 14.3 Å². The van der Waals surface area contributed by atoms with E-state index in [0.717, 1.165) is 6.08 Å². The average Bonchev–Trinajstić information content (AvgIpc) is 2.63. The number of aliphatic hydroxyl groups excluding tert-OH is 1. The Bertz CT molecular complexity index is 794. The summed E-state index contributed by atoms with van der Waals surface area (Å²) in [6.07, 6.45) is 0.859. The van der Waals surface area contributed by atoms with Crippen LogP contribution in [0.1, 0.15) is 22.8 Å². The summed E-state index contributed by atoms with van der Waals surface area (Å²) in [6, 6.07) is 14.3. The molecule has 0 aliphatic rings. The third-order valence-corrected chi connectivity index (χ3v) is 3.22. The molecule has 25 heavy (non-hydrogen) atoms. The zero-order valence-electron chi connectivity index (χ0n) is 13.6. The number of carbonyl (C=O) groups is 3. The zero-order valence-corrected chi connectivity index (χ0v) is 13.6. The largest absolute Gasteiger partial charge is 0.507 e. The van der Waals surface area contributed by atoms with Crippen LogP contribution in [0.4, 0.5) is 5.69 Å². The van der Waals surface area contributed by atoms with Gasteiger partial charge >= 0.3 is 5.97 Å². The average molecular weight is 339 g/mol. The number of ether oxygens (including phenoxy) is 1. The van der Waals surface area contributed by atoms with Gasteiger partial charge in [0.1, 0.15) is 5.76 Å². The van der Waals surface area contributed by atoms with Gasteiger partial charge in [-0.15, -0.1) is 0 Å². The Balaban J connectivity index is 2.01. The number of hydrogen-bond donors (Lipinski definition) is 2. The Morgan fingerprint density at radius 3 is 2.24 bits per heavy atom. The van der Waals surface area contributed by atoms with Gasteiger partial charge in [0.15, 0.2) is 0 Å². The van der Waals surface area contributed by atoms with Crippen molar-refractivity contribution < 1.29 is 24.2 Å². The molecule has 0 saturated carbocycles. The van der Waals surface area contributed by atoms with Crippen LogP contribution in [-0.4, -0.2) is 29.4 Å². The fraction of sp³-hybridized carbons (Fsp3) is 0.105. The van der Waals surface area contributed by atoms with Gasteiger partial charge in [-0.25, -0.2) is 4.79 Å². The van der Waals surface area contributed by atoms with Crippen LogP contribution in [0.2, 0.25) is 0 Å². The van der Waals surface area contributed by atoms with E-state index in [1.807, 2.05) is 0 Å². The fourth-order valence-electron chi connectivity index (χ4n) is 1.98. The first kappa shape index (κ1) is 17.9. The minimum absolute atomic E-state index is 0.267. The first-order chi connectivity index (χ1) is 12.0. The number of nitrogens with one attached hydrogen (secondary N) is 1. The van der Waals surface area contributed by atoms with E-state index in [1.54, 1.807) is 37.3 Å². The second-order valence-electron chi connectivity index (χ2n) is 5.01. The molecular weight excluding hydrogens is 322 g/mol. The van der Waals surface area contributed by atoms with Gasteiger partial charge in [0, 0.05) is 17.3 Å². The van der Waals surface area contributed by atoms with E-state index in [0.29, 0.717) is 16.8 Å². The second kappa shape index (κ2) is 8.44. The molecule has 2 rings (SSSR count). The Morgan fingerprint density at radius 1 is 1.00 bits per heavy atom. The SMILES string of the molecule is CCOC(=O)c1ccc(NC(=O)C(=O)/C=C(\O)c2ccccc2)cc1. The lowest BCUT2D eigenvalue weighted by molar-refractivity contribution is -0.131. The van der Waals surface area contributed by atoms with Gasteiger partial charge in [-0.1, -0.05) is 30.3 Å². The number of ketones is 1. The van der Waals surface area contributed by atoms with Crippen molar-refractivity contribution in [1.82, 2.24) is 0 Å². The number of amides is 1. The van der Waals surface area contributed by atoms with Crippen molar-refractivity contribution in [3.8, 4) is 0 Å². The van der Waals surface area contributed by atoms with Gasteiger partial charge in [-0.2, -0.15) is 0 Å². The lowest BCUT2D eigenvalue weighted by Gasteiger charge is -2.05.